The number of hydrogen-bond acceptors (Lipinski definition) is 2. The van der Waals surface area contributed by atoms with Crippen molar-refractivity contribution >= 4 is 21.4 Å². The van der Waals surface area contributed by atoms with Gasteiger partial charge in [-0.1, -0.05) is 24.3 Å². The molecule has 2 heterocycles. The van der Waals surface area contributed by atoms with E-state index in [2.05, 4.69) is 35.7 Å². The fourth-order valence-electron chi connectivity index (χ4n) is 1.25. The van der Waals surface area contributed by atoms with Crippen LogP contribution in [0.4, 0.5) is 0 Å². The minimum atomic E-state index is 0.733. The Morgan fingerprint density at radius 2 is 2.00 bits per heavy atom. The van der Waals surface area contributed by atoms with Crippen LogP contribution in [0, 0.1) is 0 Å². The Morgan fingerprint density at radius 1 is 1.07 bits per heavy atom. The summed E-state index contributed by atoms with van der Waals surface area (Å²) in [5.74, 6) is 0. The van der Waals surface area contributed by atoms with Crippen molar-refractivity contribution in [2.75, 3.05) is 6.61 Å². The van der Waals surface area contributed by atoms with E-state index in [9.17, 15) is 0 Å². The van der Waals surface area contributed by atoms with Crippen molar-refractivity contribution in [3.8, 4) is 0 Å². The molecular weight excluding hydrogens is 204 g/mol. The second-order valence-electron chi connectivity index (χ2n) is 3.05. The number of ether oxygens (including phenoxy) is 1. The van der Waals surface area contributed by atoms with Gasteiger partial charge >= 0.3 is 0 Å². The molecule has 0 saturated carbocycles. The third-order valence-corrected chi connectivity index (χ3v) is 2.87. The molecule has 0 atom stereocenters. The molecule has 2 aromatic rings. The Labute approximate surface area is 93.3 Å². The first-order valence-electron chi connectivity index (χ1n) is 4.82. The summed E-state index contributed by atoms with van der Waals surface area (Å²) in [5.41, 5.74) is 0. The van der Waals surface area contributed by atoms with E-state index in [1.807, 2.05) is 18.2 Å². The molecule has 1 aromatic heterocycles. The molecule has 1 aliphatic heterocycles. The van der Waals surface area contributed by atoms with E-state index in [0.29, 0.717) is 0 Å². The minimum absolute atomic E-state index is 0.733. The highest BCUT2D eigenvalue weighted by Crippen LogP contribution is 2.18. The molecule has 1 nitrogen and oxygen atoms in total. The van der Waals surface area contributed by atoms with Crippen molar-refractivity contribution in [2.45, 2.75) is 0 Å². The van der Waals surface area contributed by atoms with Gasteiger partial charge < -0.3 is 4.74 Å². The SMILES string of the molecule is C1=CCOC=C1.c1ccc2sccc2c1. The van der Waals surface area contributed by atoms with E-state index >= 15 is 0 Å². The summed E-state index contributed by atoms with van der Waals surface area (Å²) in [6, 6.07) is 10.5. The second kappa shape index (κ2) is 5.37. The molecule has 0 bridgehead atoms. The average Bonchev–Trinajstić information content (AvgIpc) is 2.80. The molecule has 0 fully saturated rings. The van der Waals surface area contributed by atoms with E-state index < -0.39 is 0 Å². The third-order valence-electron chi connectivity index (χ3n) is 1.98. The first-order valence-corrected chi connectivity index (χ1v) is 5.70. The van der Waals surface area contributed by atoms with Crippen LogP contribution in [-0.2, 0) is 4.74 Å². The van der Waals surface area contributed by atoms with Gasteiger partial charge in [-0.25, -0.2) is 0 Å². The zero-order chi connectivity index (χ0) is 10.3. The molecule has 0 aliphatic carbocycles. The lowest BCUT2D eigenvalue weighted by molar-refractivity contribution is 0.286. The van der Waals surface area contributed by atoms with Gasteiger partial charge in [-0.05, 0) is 35.1 Å². The fraction of sp³-hybridized carbons (Fsp3) is 0.0769. The van der Waals surface area contributed by atoms with Gasteiger partial charge in [0.25, 0.3) is 0 Å². The topological polar surface area (TPSA) is 9.23 Å². The fourth-order valence-corrected chi connectivity index (χ4v) is 2.04. The second-order valence-corrected chi connectivity index (χ2v) is 4.00. The van der Waals surface area contributed by atoms with Crippen LogP contribution in [-0.4, -0.2) is 6.61 Å². The summed E-state index contributed by atoms with van der Waals surface area (Å²) < 4.78 is 6.17. The maximum absolute atomic E-state index is 4.80. The Kier molecular flexibility index (Phi) is 3.58. The zero-order valence-corrected chi connectivity index (χ0v) is 9.11. The predicted octanol–water partition coefficient (Wildman–Crippen LogP) is 3.99. The summed E-state index contributed by atoms with van der Waals surface area (Å²) in [6.07, 6.45) is 7.47. The molecule has 15 heavy (non-hydrogen) atoms. The number of hydrogen-bond donors (Lipinski definition) is 0. The Balaban J connectivity index is 0.000000124. The summed E-state index contributed by atoms with van der Waals surface area (Å²) in [6.45, 7) is 0.733. The first-order chi connectivity index (χ1) is 7.47. The molecule has 1 aromatic carbocycles. The van der Waals surface area contributed by atoms with E-state index in [4.69, 9.17) is 4.74 Å². The minimum Gasteiger partial charge on any atom is -0.497 e. The van der Waals surface area contributed by atoms with Crippen LogP contribution in [0.1, 0.15) is 0 Å². The van der Waals surface area contributed by atoms with Crippen molar-refractivity contribution in [3.63, 3.8) is 0 Å². The van der Waals surface area contributed by atoms with Crippen molar-refractivity contribution in [1.29, 1.82) is 0 Å². The highest BCUT2D eigenvalue weighted by atomic mass is 32.1. The number of allylic oxidation sites excluding steroid dienone is 2. The maximum atomic E-state index is 4.80. The highest BCUT2D eigenvalue weighted by molar-refractivity contribution is 7.17. The molecule has 1 aliphatic rings. The average molecular weight is 216 g/mol. The Morgan fingerprint density at radius 3 is 2.60 bits per heavy atom. The van der Waals surface area contributed by atoms with Crippen LogP contribution in [0.5, 0.6) is 0 Å². The van der Waals surface area contributed by atoms with Gasteiger partial charge in [-0.3, -0.25) is 0 Å². The van der Waals surface area contributed by atoms with Gasteiger partial charge in [0, 0.05) is 4.70 Å². The van der Waals surface area contributed by atoms with Gasteiger partial charge in [0.1, 0.15) is 6.61 Å². The summed E-state index contributed by atoms with van der Waals surface area (Å²) in [5, 5.41) is 3.47. The van der Waals surface area contributed by atoms with Crippen LogP contribution < -0.4 is 0 Å². The number of benzene rings is 1. The van der Waals surface area contributed by atoms with Gasteiger partial charge in [0.05, 0.1) is 6.26 Å². The molecule has 0 amide bonds. The Bertz CT molecular complexity index is 426. The number of fused-ring (bicyclic) bond motifs is 1. The van der Waals surface area contributed by atoms with Crippen LogP contribution >= 0.6 is 11.3 Å². The molecule has 0 unspecified atom stereocenters. The predicted molar refractivity (Wildman–Crippen MR) is 66.1 cm³/mol. The lowest BCUT2D eigenvalue weighted by Crippen LogP contribution is -1.82. The highest BCUT2D eigenvalue weighted by Gasteiger charge is 1.87. The standard InChI is InChI=1S/C8H6S.C5H6O/c1-2-4-8-7(3-1)5-6-9-8;1-2-4-6-5-3-1/h1-6H;1-4H,5H2. The summed E-state index contributed by atoms with van der Waals surface area (Å²) in [7, 11) is 0. The lowest BCUT2D eigenvalue weighted by Gasteiger charge is -1.94. The van der Waals surface area contributed by atoms with Crippen molar-refractivity contribution in [2.24, 2.45) is 0 Å². The zero-order valence-electron chi connectivity index (χ0n) is 8.30. The largest absolute Gasteiger partial charge is 0.497 e. The van der Waals surface area contributed by atoms with E-state index in [-0.39, 0.29) is 0 Å². The number of thiophene rings is 1. The van der Waals surface area contributed by atoms with Crippen molar-refractivity contribution in [1.82, 2.24) is 0 Å². The quantitative estimate of drug-likeness (QED) is 0.647. The molecule has 0 spiro atoms. The Hall–Kier alpha value is -1.54. The van der Waals surface area contributed by atoms with Gasteiger partial charge in [0.15, 0.2) is 0 Å². The van der Waals surface area contributed by atoms with Gasteiger partial charge in [-0.2, -0.15) is 0 Å². The van der Waals surface area contributed by atoms with E-state index in [1.165, 1.54) is 10.1 Å². The molecule has 2 heteroatoms. The van der Waals surface area contributed by atoms with E-state index in [1.54, 1.807) is 17.6 Å². The molecular formula is C13H12OS. The monoisotopic (exact) mass is 216 g/mol. The molecule has 3 rings (SSSR count). The molecule has 76 valence electrons. The summed E-state index contributed by atoms with van der Waals surface area (Å²) >= 11 is 1.79. The molecule has 0 saturated heterocycles. The van der Waals surface area contributed by atoms with Crippen LogP contribution in [0.15, 0.2) is 60.2 Å². The lowest BCUT2D eigenvalue weighted by atomic mass is 10.3. The number of rotatable bonds is 0. The van der Waals surface area contributed by atoms with Crippen molar-refractivity contribution < 1.29 is 4.74 Å². The van der Waals surface area contributed by atoms with Crippen LogP contribution in [0.2, 0.25) is 0 Å². The van der Waals surface area contributed by atoms with Gasteiger partial charge in [-0.15, -0.1) is 11.3 Å². The normalized spacial score (nSPS) is 13.1. The van der Waals surface area contributed by atoms with Crippen LogP contribution in [0.3, 0.4) is 0 Å². The third kappa shape index (κ3) is 2.96. The van der Waals surface area contributed by atoms with E-state index in [0.717, 1.165) is 6.61 Å². The van der Waals surface area contributed by atoms with Gasteiger partial charge in [0.2, 0.25) is 0 Å². The molecule has 0 N–H and O–H groups in total. The smallest absolute Gasteiger partial charge is 0.106 e. The summed E-state index contributed by atoms with van der Waals surface area (Å²) in [4.78, 5) is 0. The molecule has 0 radical (unpaired) electrons. The first kappa shape index (κ1) is 9.99. The van der Waals surface area contributed by atoms with Crippen LogP contribution in [0.25, 0.3) is 10.1 Å². The van der Waals surface area contributed by atoms with Crippen molar-refractivity contribution in [3.05, 3.63) is 60.2 Å². The maximum Gasteiger partial charge on any atom is 0.106 e.